The Labute approximate surface area is 176 Å². The van der Waals surface area contributed by atoms with E-state index in [0.717, 1.165) is 5.92 Å². The van der Waals surface area contributed by atoms with Crippen molar-refractivity contribution in [1.29, 1.82) is 0 Å². The van der Waals surface area contributed by atoms with Crippen molar-refractivity contribution in [2.24, 2.45) is 21.6 Å². The molecule has 5 heteroatoms. The molecule has 1 atom stereocenters. The van der Waals surface area contributed by atoms with Gasteiger partial charge in [0.05, 0.1) is 23.5 Å². The van der Waals surface area contributed by atoms with Gasteiger partial charge in [-0.1, -0.05) is 66.7 Å². The lowest BCUT2D eigenvalue weighted by Gasteiger charge is -2.09. The average Bonchev–Trinajstić information content (AvgIpc) is 2.80. The second-order valence-corrected chi connectivity index (χ2v) is 7.52. The van der Waals surface area contributed by atoms with E-state index in [0.29, 0.717) is 29.4 Å². The zero-order valence-corrected chi connectivity index (χ0v) is 19.3. The van der Waals surface area contributed by atoms with E-state index in [4.69, 9.17) is 5.73 Å². The molecule has 164 valence electrons. The van der Waals surface area contributed by atoms with E-state index in [-0.39, 0.29) is 11.3 Å². The first kappa shape index (κ1) is 26.8. The predicted molar refractivity (Wildman–Crippen MR) is 125 cm³/mol. The molecule has 0 fully saturated rings. The van der Waals surface area contributed by atoms with E-state index in [9.17, 15) is 9.50 Å². The summed E-state index contributed by atoms with van der Waals surface area (Å²) < 4.78 is 14.0. The van der Waals surface area contributed by atoms with Crippen molar-refractivity contribution in [3.8, 4) is 5.75 Å². The summed E-state index contributed by atoms with van der Waals surface area (Å²) in [7, 11) is 0. The van der Waals surface area contributed by atoms with Gasteiger partial charge in [-0.25, -0.2) is 9.38 Å². The fourth-order valence-electron chi connectivity index (χ4n) is 2.61. The van der Waals surface area contributed by atoms with Crippen LogP contribution in [0.2, 0.25) is 0 Å². The van der Waals surface area contributed by atoms with Crippen LogP contribution in [0.5, 0.6) is 5.75 Å². The van der Waals surface area contributed by atoms with Gasteiger partial charge >= 0.3 is 0 Å². The third-order valence-corrected chi connectivity index (χ3v) is 4.39. The summed E-state index contributed by atoms with van der Waals surface area (Å²) >= 11 is 0. The van der Waals surface area contributed by atoms with Crippen LogP contribution >= 0.6 is 0 Å². The number of rotatable bonds is 5. The smallest absolute Gasteiger partial charge is 0.136 e. The first-order chi connectivity index (χ1) is 13.7. The monoisotopic (exact) mass is 405 g/mol. The lowest BCUT2D eigenvalue weighted by Crippen LogP contribution is -2.15. The van der Waals surface area contributed by atoms with Crippen molar-refractivity contribution in [1.82, 2.24) is 0 Å². The Morgan fingerprint density at radius 1 is 1.17 bits per heavy atom. The zero-order valence-electron chi connectivity index (χ0n) is 19.3. The maximum absolute atomic E-state index is 14.0. The van der Waals surface area contributed by atoms with Crippen molar-refractivity contribution in [2.45, 2.75) is 80.6 Å². The fourth-order valence-corrected chi connectivity index (χ4v) is 2.61. The minimum absolute atomic E-state index is 0.0740. The molecule has 0 aromatic heterocycles. The molecule has 3 N–H and O–H groups in total. The van der Waals surface area contributed by atoms with E-state index in [1.807, 2.05) is 0 Å². The standard InChI is InChI=1S/C13H14FN3O.C8H18.C3H8/c1-7-5-9(14)12(10(18)6-7)13-8(2)17-11(15)3-4-16-13;1-4-6-7-8(3)5-2;1-3-2/h3,5-6,18H,4,15H2,1-2H3;8H,4-7H2,1-3H3;3H2,1-2H3. The number of benzene rings is 1. The second-order valence-electron chi connectivity index (χ2n) is 7.52. The number of hydrogen-bond donors (Lipinski definition) is 2. The molecule has 1 aliphatic heterocycles. The summed E-state index contributed by atoms with van der Waals surface area (Å²) in [6, 6.07) is 2.85. The number of phenols is 1. The summed E-state index contributed by atoms with van der Waals surface area (Å²) in [6.07, 6.45) is 8.42. The topological polar surface area (TPSA) is 71.0 Å². The summed E-state index contributed by atoms with van der Waals surface area (Å²) in [6.45, 7) is 14.8. The zero-order chi connectivity index (χ0) is 22.4. The number of halogens is 1. The van der Waals surface area contributed by atoms with Crippen LogP contribution in [-0.4, -0.2) is 23.1 Å². The van der Waals surface area contributed by atoms with Gasteiger partial charge in [-0.15, -0.1) is 0 Å². The van der Waals surface area contributed by atoms with E-state index in [1.165, 1.54) is 44.2 Å². The summed E-state index contributed by atoms with van der Waals surface area (Å²) in [4.78, 5) is 8.29. The molecule has 1 aromatic rings. The highest BCUT2D eigenvalue weighted by Gasteiger charge is 2.19. The Hall–Kier alpha value is -2.17. The van der Waals surface area contributed by atoms with Gasteiger partial charge in [0.2, 0.25) is 0 Å². The van der Waals surface area contributed by atoms with Crippen molar-refractivity contribution in [3.05, 3.63) is 41.0 Å². The van der Waals surface area contributed by atoms with Gasteiger partial charge in [-0.05, 0) is 43.5 Å². The normalized spacial score (nSPS) is 14.1. The van der Waals surface area contributed by atoms with Gasteiger partial charge in [0.15, 0.2) is 0 Å². The highest BCUT2D eigenvalue weighted by Crippen LogP contribution is 2.24. The second kappa shape index (κ2) is 14.8. The summed E-state index contributed by atoms with van der Waals surface area (Å²) in [5.74, 6) is 0.649. The molecule has 2 rings (SSSR count). The molecule has 1 unspecified atom stereocenters. The third-order valence-electron chi connectivity index (χ3n) is 4.39. The van der Waals surface area contributed by atoms with E-state index in [2.05, 4.69) is 44.6 Å². The molecule has 0 saturated heterocycles. The van der Waals surface area contributed by atoms with Crippen LogP contribution in [-0.2, 0) is 0 Å². The highest BCUT2D eigenvalue weighted by molar-refractivity contribution is 6.48. The van der Waals surface area contributed by atoms with Crippen molar-refractivity contribution in [3.63, 3.8) is 0 Å². The minimum Gasteiger partial charge on any atom is -0.507 e. The average molecular weight is 406 g/mol. The number of nitrogens with zero attached hydrogens (tertiary/aromatic N) is 2. The van der Waals surface area contributed by atoms with Crippen LogP contribution in [0.15, 0.2) is 34.0 Å². The first-order valence-corrected chi connectivity index (χ1v) is 10.8. The number of unbranched alkanes of at least 4 members (excludes halogenated alkanes) is 1. The van der Waals surface area contributed by atoms with E-state index >= 15 is 0 Å². The fraction of sp³-hybridized carbons (Fsp3) is 0.583. The van der Waals surface area contributed by atoms with Gasteiger partial charge in [-0.3, -0.25) is 4.99 Å². The number of aromatic hydroxyl groups is 1. The Morgan fingerprint density at radius 3 is 2.31 bits per heavy atom. The van der Waals surface area contributed by atoms with Crippen molar-refractivity contribution >= 4 is 11.4 Å². The quantitative estimate of drug-likeness (QED) is 0.583. The van der Waals surface area contributed by atoms with Gasteiger partial charge in [-0.2, -0.15) is 0 Å². The Bertz CT molecular complexity index is 685. The maximum Gasteiger partial charge on any atom is 0.136 e. The number of aryl methyl sites for hydroxylation is 1. The molecule has 1 aromatic carbocycles. The van der Waals surface area contributed by atoms with Crippen molar-refractivity contribution < 1.29 is 9.50 Å². The lowest BCUT2D eigenvalue weighted by molar-refractivity contribution is 0.467. The molecular weight excluding hydrogens is 365 g/mol. The SMILES string of the molecule is CC1=NC(N)=CCN=C1c1c(O)cc(C)cc1F.CCC.CCCCC(C)CC. The van der Waals surface area contributed by atoms with E-state index in [1.54, 1.807) is 19.9 Å². The number of aliphatic imine (C=N–C) groups is 2. The number of phenolic OH excluding ortho intramolecular Hbond substituents is 1. The van der Waals surface area contributed by atoms with Crippen LogP contribution in [0.1, 0.15) is 84.8 Å². The van der Waals surface area contributed by atoms with Crippen LogP contribution in [0.3, 0.4) is 0 Å². The molecule has 1 heterocycles. The molecule has 0 bridgehead atoms. The molecule has 0 saturated carbocycles. The Balaban J connectivity index is 0.000000599. The lowest BCUT2D eigenvalue weighted by atomic mass is 10.0. The molecule has 29 heavy (non-hydrogen) atoms. The van der Waals surface area contributed by atoms with Gasteiger partial charge in [0.25, 0.3) is 0 Å². The molecule has 1 aliphatic rings. The Morgan fingerprint density at radius 2 is 1.79 bits per heavy atom. The largest absolute Gasteiger partial charge is 0.507 e. The number of hydrogen-bond acceptors (Lipinski definition) is 4. The van der Waals surface area contributed by atoms with Crippen LogP contribution in [0.4, 0.5) is 4.39 Å². The number of nitrogens with two attached hydrogens (primary N) is 1. The minimum atomic E-state index is -0.513. The highest BCUT2D eigenvalue weighted by atomic mass is 19.1. The maximum atomic E-state index is 14.0. The van der Waals surface area contributed by atoms with Gasteiger partial charge in [0.1, 0.15) is 17.4 Å². The summed E-state index contributed by atoms with van der Waals surface area (Å²) in [5.41, 5.74) is 7.15. The van der Waals surface area contributed by atoms with Crippen molar-refractivity contribution in [2.75, 3.05) is 6.54 Å². The summed E-state index contributed by atoms with van der Waals surface area (Å²) in [5, 5.41) is 9.88. The molecular formula is C24H40FN3O. The van der Waals surface area contributed by atoms with E-state index < -0.39 is 5.82 Å². The van der Waals surface area contributed by atoms with Crippen LogP contribution < -0.4 is 5.73 Å². The molecule has 0 spiro atoms. The van der Waals surface area contributed by atoms with Crippen LogP contribution in [0, 0.1) is 18.7 Å². The molecule has 4 nitrogen and oxygen atoms in total. The first-order valence-electron chi connectivity index (χ1n) is 10.8. The van der Waals surface area contributed by atoms with Gasteiger partial charge < -0.3 is 10.8 Å². The third kappa shape index (κ3) is 10.2. The van der Waals surface area contributed by atoms with Gasteiger partial charge in [0, 0.05) is 0 Å². The Kier molecular flexibility index (Phi) is 13.7. The molecule has 0 radical (unpaired) electrons. The molecule has 0 amide bonds. The molecule has 0 aliphatic carbocycles. The predicted octanol–water partition coefficient (Wildman–Crippen LogP) is 6.54. The van der Waals surface area contributed by atoms with Crippen LogP contribution in [0.25, 0.3) is 0 Å².